The first-order valence-corrected chi connectivity index (χ1v) is 8.44. The molecule has 1 unspecified atom stereocenters. The minimum Gasteiger partial charge on any atom is -0.357 e. The summed E-state index contributed by atoms with van der Waals surface area (Å²) in [6.45, 7) is 5.77. The molecule has 122 valence electrons. The molecule has 0 bridgehead atoms. The van der Waals surface area contributed by atoms with E-state index in [4.69, 9.17) is 0 Å². The number of aromatic nitrogens is 3. The number of rotatable bonds is 3. The molecule has 4 rings (SSSR count). The average molecular weight is 313 g/mol. The van der Waals surface area contributed by atoms with Crippen molar-refractivity contribution in [1.82, 2.24) is 24.3 Å². The Labute approximate surface area is 136 Å². The molecular weight excluding hydrogens is 290 g/mol. The predicted molar refractivity (Wildman–Crippen MR) is 86.9 cm³/mol. The van der Waals surface area contributed by atoms with Gasteiger partial charge in [-0.3, -0.25) is 4.79 Å². The Morgan fingerprint density at radius 2 is 2.17 bits per heavy atom. The average Bonchev–Trinajstić information content (AvgIpc) is 3.28. The monoisotopic (exact) mass is 313 g/mol. The van der Waals surface area contributed by atoms with E-state index in [2.05, 4.69) is 19.4 Å². The third kappa shape index (κ3) is 3.03. The van der Waals surface area contributed by atoms with Crippen LogP contribution in [0.5, 0.6) is 0 Å². The zero-order chi connectivity index (χ0) is 15.6. The smallest absolute Gasteiger partial charge is 0.270 e. The molecule has 1 N–H and O–H groups in total. The van der Waals surface area contributed by atoms with Crippen LogP contribution >= 0.6 is 0 Å². The van der Waals surface area contributed by atoms with Gasteiger partial charge in [0.05, 0.1) is 6.54 Å². The normalized spacial score (nSPS) is 22.1. The van der Waals surface area contributed by atoms with Gasteiger partial charge in [0.2, 0.25) is 0 Å². The molecule has 1 saturated heterocycles. The number of nitrogens with one attached hydrogen (secondary N) is 1. The molecule has 1 fully saturated rings. The number of carbonyl (C=O) groups is 1. The molecule has 0 saturated carbocycles. The van der Waals surface area contributed by atoms with Gasteiger partial charge in [0.15, 0.2) is 0 Å². The summed E-state index contributed by atoms with van der Waals surface area (Å²) in [5.41, 5.74) is 0.657. The molecule has 1 atom stereocenters. The van der Waals surface area contributed by atoms with Crippen molar-refractivity contribution in [2.45, 2.75) is 25.9 Å². The fourth-order valence-corrected chi connectivity index (χ4v) is 3.78. The number of likely N-dealkylation sites (tertiary alicyclic amines) is 1. The quantitative estimate of drug-likeness (QED) is 0.936. The molecule has 1 amide bonds. The lowest BCUT2D eigenvalue weighted by atomic mass is 10.1. The number of hydrogen-bond donors (Lipinski definition) is 1. The molecule has 2 aliphatic heterocycles. The summed E-state index contributed by atoms with van der Waals surface area (Å²) in [6, 6.07) is 3.71. The van der Waals surface area contributed by atoms with E-state index in [9.17, 15) is 4.79 Å². The molecule has 0 spiro atoms. The first-order chi connectivity index (χ1) is 11.3. The first kappa shape index (κ1) is 14.5. The van der Waals surface area contributed by atoms with Crippen LogP contribution in [0, 0.1) is 5.92 Å². The molecule has 4 heterocycles. The number of imidazole rings is 1. The van der Waals surface area contributed by atoms with Gasteiger partial charge in [0.25, 0.3) is 5.91 Å². The van der Waals surface area contributed by atoms with Crippen LogP contribution in [0.2, 0.25) is 0 Å². The number of aromatic amines is 1. The van der Waals surface area contributed by atoms with E-state index >= 15 is 0 Å². The Kier molecular flexibility index (Phi) is 3.91. The summed E-state index contributed by atoms with van der Waals surface area (Å²) in [4.78, 5) is 24.7. The maximum atomic E-state index is 12.8. The van der Waals surface area contributed by atoms with Crippen molar-refractivity contribution < 1.29 is 4.79 Å². The number of amides is 1. The number of fused-ring (bicyclic) bond motifs is 1. The van der Waals surface area contributed by atoms with Gasteiger partial charge in [0, 0.05) is 44.1 Å². The molecule has 0 aliphatic carbocycles. The molecule has 2 aromatic rings. The van der Waals surface area contributed by atoms with E-state index in [0.717, 1.165) is 25.5 Å². The van der Waals surface area contributed by atoms with Crippen LogP contribution in [-0.4, -0.2) is 56.4 Å². The minimum absolute atomic E-state index is 0.0675. The Morgan fingerprint density at radius 3 is 2.96 bits per heavy atom. The highest BCUT2D eigenvalue weighted by Crippen LogP contribution is 2.20. The lowest BCUT2D eigenvalue weighted by Gasteiger charge is -2.27. The van der Waals surface area contributed by atoms with E-state index in [-0.39, 0.29) is 5.91 Å². The van der Waals surface area contributed by atoms with E-state index < -0.39 is 0 Å². The number of H-pyrrole nitrogens is 1. The molecule has 0 radical (unpaired) electrons. The first-order valence-electron chi connectivity index (χ1n) is 8.44. The standard InChI is InChI=1S/C17H23N5O/c23-17(15-4-3-5-18-15)22-12-14(10-20-7-1-2-8-20)11-21-9-6-19-16(21)13-22/h3-6,9,14,18H,1-2,7-8,10-13H2. The fourth-order valence-electron chi connectivity index (χ4n) is 3.78. The van der Waals surface area contributed by atoms with Crippen LogP contribution in [0.15, 0.2) is 30.7 Å². The molecule has 2 aliphatic rings. The minimum atomic E-state index is 0.0675. The summed E-state index contributed by atoms with van der Waals surface area (Å²) in [6.07, 6.45) is 8.27. The SMILES string of the molecule is O=C(c1ccc[nH]1)N1Cc2nccn2CC(CN2CCCC2)C1. The van der Waals surface area contributed by atoms with Crippen LogP contribution < -0.4 is 0 Å². The van der Waals surface area contributed by atoms with Crippen molar-refractivity contribution in [2.75, 3.05) is 26.2 Å². The summed E-state index contributed by atoms with van der Waals surface area (Å²) in [5.74, 6) is 1.49. The van der Waals surface area contributed by atoms with Crippen LogP contribution in [-0.2, 0) is 13.1 Å². The summed E-state index contributed by atoms with van der Waals surface area (Å²) < 4.78 is 2.21. The van der Waals surface area contributed by atoms with E-state index in [0.29, 0.717) is 18.2 Å². The van der Waals surface area contributed by atoms with E-state index in [1.807, 2.05) is 29.4 Å². The molecular formula is C17H23N5O. The zero-order valence-corrected chi connectivity index (χ0v) is 13.3. The summed E-state index contributed by atoms with van der Waals surface area (Å²) in [5, 5.41) is 0. The molecule has 6 heteroatoms. The van der Waals surface area contributed by atoms with Gasteiger partial charge >= 0.3 is 0 Å². The molecule has 2 aromatic heterocycles. The second kappa shape index (κ2) is 6.20. The predicted octanol–water partition coefficient (Wildman–Crippen LogP) is 1.58. The Balaban J connectivity index is 1.55. The Hall–Kier alpha value is -2.08. The van der Waals surface area contributed by atoms with Crippen molar-refractivity contribution in [2.24, 2.45) is 5.92 Å². The van der Waals surface area contributed by atoms with Gasteiger partial charge in [0.1, 0.15) is 11.5 Å². The number of hydrogen-bond acceptors (Lipinski definition) is 3. The number of carbonyl (C=O) groups excluding carboxylic acids is 1. The highest BCUT2D eigenvalue weighted by Gasteiger charge is 2.28. The van der Waals surface area contributed by atoms with Crippen molar-refractivity contribution in [3.05, 3.63) is 42.2 Å². The maximum absolute atomic E-state index is 12.8. The van der Waals surface area contributed by atoms with Gasteiger partial charge in [-0.25, -0.2) is 4.98 Å². The maximum Gasteiger partial charge on any atom is 0.270 e. The molecule has 0 aromatic carbocycles. The van der Waals surface area contributed by atoms with Crippen LogP contribution in [0.3, 0.4) is 0 Å². The van der Waals surface area contributed by atoms with Crippen LogP contribution in [0.25, 0.3) is 0 Å². The van der Waals surface area contributed by atoms with E-state index in [1.54, 1.807) is 6.20 Å². The largest absolute Gasteiger partial charge is 0.357 e. The van der Waals surface area contributed by atoms with Gasteiger partial charge in [-0.2, -0.15) is 0 Å². The highest BCUT2D eigenvalue weighted by molar-refractivity contribution is 5.92. The number of nitrogens with zero attached hydrogens (tertiary/aromatic N) is 4. The van der Waals surface area contributed by atoms with Gasteiger partial charge in [-0.05, 0) is 38.1 Å². The summed E-state index contributed by atoms with van der Waals surface area (Å²) in [7, 11) is 0. The zero-order valence-electron chi connectivity index (χ0n) is 13.3. The highest BCUT2D eigenvalue weighted by atomic mass is 16.2. The second-order valence-corrected chi connectivity index (χ2v) is 6.64. The molecule has 23 heavy (non-hydrogen) atoms. The van der Waals surface area contributed by atoms with Crippen LogP contribution in [0.1, 0.15) is 29.2 Å². The van der Waals surface area contributed by atoms with Gasteiger partial charge in [-0.15, -0.1) is 0 Å². The van der Waals surface area contributed by atoms with Crippen molar-refractivity contribution >= 4 is 5.91 Å². The van der Waals surface area contributed by atoms with Gasteiger partial charge in [-0.1, -0.05) is 0 Å². The van der Waals surface area contributed by atoms with Crippen molar-refractivity contribution in [3.8, 4) is 0 Å². The lowest BCUT2D eigenvalue weighted by Crippen LogP contribution is -2.38. The Morgan fingerprint density at radius 1 is 1.30 bits per heavy atom. The Bertz CT molecular complexity index is 656. The van der Waals surface area contributed by atoms with Crippen LogP contribution in [0.4, 0.5) is 0 Å². The third-order valence-corrected chi connectivity index (χ3v) is 4.90. The van der Waals surface area contributed by atoms with Crippen molar-refractivity contribution in [1.29, 1.82) is 0 Å². The molecule has 6 nitrogen and oxygen atoms in total. The van der Waals surface area contributed by atoms with Gasteiger partial charge < -0.3 is 19.4 Å². The lowest BCUT2D eigenvalue weighted by molar-refractivity contribution is 0.0701. The topological polar surface area (TPSA) is 57.2 Å². The third-order valence-electron chi connectivity index (χ3n) is 4.90. The van der Waals surface area contributed by atoms with E-state index in [1.165, 1.54) is 25.9 Å². The van der Waals surface area contributed by atoms with Crippen molar-refractivity contribution in [3.63, 3.8) is 0 Å². The second-order valence-electron chi connectivity index (χ2n) is 6.64. The summed E-state index contributed by atoms with van der Waals surface area (Å²) >= 11 is 0. The fraction of sp³-hybridized carbons (Fsp3) is 0.529.